The fourth-order valence-corrected chi connectivity index (χ4v) is 6.14. The highest BCUT2D eigenvalue weighted by Crippen LogP contribution is 2.63. The Kier molecular flexibility index (Phi) is 3.37. The van der Waals surface area contributed by atoms with Crippen molar-refractivity contribution in [2.24, 2.45) is 28.9 Å². The summed E-state index contributed by atoms with van der Waals surface area (Å²) in [6.45, 7) is 2.26. The van der Waals surface area contributed by atoms with Crippen LogP contribution in [0.15, 0.2) is 24.3 Å². The van der Waals surface area contributed by atoms with Crippen LogP contribution in [0.25, 0.3) is 0 Å². The number of hydrogen-bond acceptors (Lipinski definition) is 1. The lowest BCUT2D eigenvalue weighted by Crippen LogP contribution is -2.50. The highest BCUT2D eigenvalue weighted by atomic mass is 14.7. The normalized spacial score (nSPS) is 38.7. The van der Waals surface area contributed by atoms with Crippen LogP contribution in [0.2, 0.25) is 0 Å². The van der Waals surface area contributed by atoms with Gasteiger partial charge in [0.25, 0.3) is 0 Å². The van der Waals surface area contributed by atoms with E-state index in [9.17, 15) is 0 Å². The van der Waals surface area contributed by atoms with E-state index >= 15 is 0 Å². The molecule has 4 bridgehead atoms. The average Bonchev–Trinajstić information content (AvgIpc) is 2.46. The van der Waals surface area contributed by atoms with Crippen LogP contribution < -0.4 is 5.73 Å². The minimum Gasteiger partial charge on any atom is -0.323 e. The molecule has 4 fully saturated rings. The van der Waals surface area contributed by atoms with Gasteiger partial charge in [0, 0.05) is 6.04 Å². The topological polar surface area (TPSA) is 26.0 Å². The van der Waals surface area contributed by atoms with Gasteiger partial charge in [0.05, 0.1) is 0 Å². The standard InChI is InChI=1S/C20H29N/c1-2-4-14-5-3-6-18(10-14)19(21)20-11-15-7-16(12-20)9-17(8-15)13-20/h3,5-6,10,15-17,19H,2,4,7-9,11-13,21H2,1H3. The summed E-state index contributed by atoms with van der Waals surface area (Å²) < 4.78 is 0. The van der Waals surface area contributed by atoms with Gasteiger partial charge in [-0.2, -0.15) is 0 Å². The van der Waals surface area contributed by atoms with Crippen molar-refractivity contribution in [2.75, 3.05) is 0 Å². The Morgan fingerprint density at radius 1 is 1.10 bits per heavy atom. The van der Waals surface area contributed by atoms with Crippen molar-refractivity contribution in [1.29, 1.82) is 0 Å². The van der Waals surface area contributed by atoms with Crippen molar-refractivity contribution in [3.63, 3.8) is 0 Å². The highest BCUT2D eigenvalue weighted by molar-refractivity contribution is 5.28. The summed E-state index contributed by atoms with van der Waals surface area (Å²) in [4.78, 5) is 0. The van der Waals surface area contributed by atoms with Crippen molar-refractivity contribution < 1.29 is 0 Å². The molecule has 4 aliphatic rings. The van der Waals surface area contributed by atoms with Crippen LogP contribution in [0.3, 0.4) is 0 Å². The largest absolute Gasteiger partial charge is 0.323 e. The van der Waals surface area contributed by atoms with Gasteiger partial charge in [-0.3, -0.25) is 0 Å². The number of aryl methyl sites for hydroxylation is 1. The molecule has 0 spiro atoms. The van der Waals surface area contributed by atoms with Gasteiger partial charge >= 0.3 is 0 Å². The Morgan fingerprint density at radius 2 is 1.71 bits per heavy atom. The van der Waals surface area contributed by atoms with Crippen molar-refractivity contribution in [1.82, 2.24) is 0 Å². The summed E-state index contributed by atoms with van der Waals surface area (Å²) in [5.41, 5.74) is 10.2. The summed E-state index contributed by atoms with van der Waals surface area (Å²) in [6.07, 6.45) is 11.1. The van der Waals surface area contributed by atoms with Gasteiger partial charge in [0.1, 0.15) is 0 Å². The number of hydrogen-bond donors (Lipinski definition) is 1. The van der Waals surface area contributed by atoms with Crippen LogP contribution in [0.5, 0.6) is 0 Å². The molecular weight excluding hydrogens is 254 g/mol. The molecule has 1 heteroatoms. The second-order valence-corrected chi connectivity index (χ2v) is 8.25. The molecule has 1 nitrogen and oxygen atoms in total. The Labute approximate surface area is 129 Å². The van der Waals surface area contributed by atoms with E-state index in [2.05, 4.69) is 31.2 Å². The van der Waals surface area contributed by atoms with Gasteiger partial charge < -0.3 is 5.73 Å². The Balaban J connectivity index is 1.62. The molecule has 0 aliphatic heterocycles. The van der Waals surface area contributed by atoms with Crippen LogP contribution in [0, 0.1) is 23.2 Å². The van der Waals surface area contributed by atoms with Gasteiger partial charge in [0.2, 0.25) is 0 Å². The summed E-state index contributed by atoms with van der Waals surface area (Å²) in [6, 6.07) is 9.43. The first-order chi connectivity index (χ1) is 10.2. The third-order valence-electron chi connectivity index (χ3n) is 6.59. The molecule has 4 saturated carbocycles. The van der Waals surface area contributed by atoms with Crippen molar-refractivity contribution >= 4 is 0 Å². The minimum absolute atomic E-state index is 0.266. The molecule has 2 N–H and O–H groups in total. The molecule has 0 saturated heterocycles. The first-order valence-electron chi connectivity index (χ1n) is 9.03. The van der Waals surface area contributed by atoms with E-state index in [-0.39, 0.29) is 6.04 Å². The Morgan fingerprint density at radius 3 is 2.29 bits per heavy atom. The lowest BCUT2D eigenvalue weighted by Gasteiger charge is -2.59. The Bertz CT molecular complexity index is 483. The van der Waals surface area contributed by atoms with Gasteiger partial charge in [-0.15, -0.1) is 0 Å². The molecule has 1 aromatic carbocycles. The molecule has 114 valence electrons. The smallest absolute Gasteiger partial charge is 0.0352 e. The molecule has 0 aromatic heterocycles. The third kappa shape index (κ3) is 2.34. The second-order valence-electron chi connectivity index (χ2n) is 8.25. The fraction of sp³-hybridized carbons (Fsp3) is 0.700. The van der Waals surface area contributed by atoms with E-state index in [0.717, 1.165) is 17.8 Å². The molecule has 1 atom stereocenters. The van der Waals surface area contributed by atoms with E-state index in [0.29, 0.717) is 5.41 Å². The molecule has 0 radical (unpaired) electrons. The fourth-order valence-electron chi connectivity index (χ4n) is 6.14. The third-order valence-corrected chi connectivity index (χ3v) is 6.59. The quantitative estimate of drug-likeness (QED) is 0.839. The number of benzene rings is 1. The summed E-state index contributed by atoms with van der Waals surface area (Å²) in [5.74, 6) is 2.96. The SMILES string of the molecule is CCCc1cccc(C(N)C23CC4CC(CC(C4)C2)C3)c1. The number of nitrogens with two attached hydrogens (primary N) is 1. The van der Waals surface area contributed by atoms with Crippen molar-refractivity contribution in [3.8, 4) is 0 Å². The first-order valence-corrected chi connectivity index (χ1v) is 9.03. The maximum Gasteiger partial charge on any atom is 0.0352 e. The molecule has 21 heavy (non-hydrogen) atoms. The van der Waals surface area contributed by atoms with E-state index in [1.165, 1.54) is 62.5 Å². The molecule has 4 aliphatic carbocycles. The summed E-state index contributed by atoms with van der Waals surface area (Å²) in [5, 5.41) is 0. The second kappa shape index (κ2) is 5.12. The summed E-state index contributed by atoms with van der Waals surface area (Å²) >= 11 is 0. The Hall–Kier alpha value is -0.820. The lowest BCUT2D eigenvalue weighted by molar-refractivity contribution is -0.0677. The van der Waals surface area contributed by atoms with E-state index in [4.69, 9.17) is 5.73 Å². The van der Waals surface area contributed by atoms with Gasteiger partial charge in [-0.25, -0.2) is 0 Å². The van der Waals surface area contributed by atoms with Crippen LogP contribution in [0.1, 0.15) is 69.0 Å². The zero-order valence-corrected chi connectivity index (χ0v) is 13.4. The predicted octanol–water partition coefficient (Wildman–Crippen LogP) is 4.86. The van der Waals surface area contributed by atoms with E-state index in [1.807, 2.05) is 0 Å². The number of rotatable bonds is 4. The van der Waals surface area contributed by atoms with Crippen LogP contribution >= 0.6 is 0 Å². The maximum atomic E-state index is 6.86. The average molecular weight is 283 g/mol. The van der Waals surface area contributed by atoms with Crippen LogP contribution in [-0.2, 0) is 6.42 Å². The van der Waals surface area contributed by atoms with Gasteiger partial charge in [-0.1, -0.05) is 37.6 Å². The molecule has 1 aromatic rings. The van der Waals surface area contributed by atoms with Crippen molar-refractivity contribution in [3.05, 3.63) is 35.4 Å². The van der Waals surface area contributed by atoms with Crippen molar-refractivity contribution in [2.45, 2.75) is 64.3 Å². The monoisotopic (exact) mass is 283 g/mol. The lowest BCUT2D eigenvalue weighted by atomic mass is 9.47. The molecular formula is C20H29N. The first kappa shape index (κ1) is 13.8. The van der Waals surface area contributed by atoms with Gasteiger partial charge in [0.15, 0.2) is 0 Å². The molecule has 1 unspecified atom stereocenters. The van der Waals surface area contributed by atoms with Gasteiger partial charge in [-0.05, 0) is 79.2 Å². The molecule has 0 amide bonds. The summed E-state index contributed by atoms with van der Waals surface area (Å²) in [7, 11) is 0. The van der Waals surface area contributed by atoms with E-state index in [1.54, 1.807) is 0 Å². The zero-order valence-electron chi connectivity index (χ0n) is 13.4. The predicted molar refractivity (Wildman–Crippen MR) is 88.0 cm³/mol. The zero-order chi connectivity index (χ0) is 14.4. The van der Waals surface area contributed by atoms with Crippen LogP contribution in [-0.4, -0.2) is 0 Å². The molecule has 0 heterocycles. The van der Waals surface area contributed by atoms with Crippen LogP contribution in [0.4, 0.5) is 0 Å². The highest BCUT2D eigenvalue weighted by Gasteiger charge is 2.53. The van der Waals surface area contributed by atoms with E-state index < -0.39 is 0 Å². The molecule has 5 rings (SSSR count). The minimum atomic E-state index is 0.266. The maximum absolute atomic E-state index is 6.86.